The van der Waals surface area contributed by atoms with Crippen LogP contribution in [0.25, 0.3) is 0 Å². The van der Waals surface area contributed by atoms with Crippen LogP contribution in [-0.4, -0.2) is 5.60 Å². The maximum atomic E-state index is 6.35. The monoisotopic (exact) mass is 212 g/mol. The second-order valence-electron chi connectivity index (χ2n) is 5.25. The first-order chi connectivity index (χ1) is 7.90. The van der Waals surface area contributed by atoms with E-state index in [1.54, 1.807) is 5.57 Å². The van der Waals surface area contributed by atoms with Crippen LogP contribution in [0.15, 0.2) is 35.9 Å². The molecule has 0 aromatic heterocycles. The number of fused-ring (bicyclic) bond motifs is 2. The van der Waals surface area contributed by atoms with Gasteiger partial charge in [0.1, 0.15) is 11.4 Å². The van der Waals surface area contributed by atoms with Gasteiger partial charge in [-0.25, -0.2) is 0 Å². The maximum absolute atomic E-state index is 6.35. The van der Waals surface area contributed by atoms with E-state index in [0.29, 0.717) is 5.92 Å². The molecule has 0 bridgehead atoms. The Kier molecular flexibility index (Phi) is 1.61. The summed E-state index contributed by atoms with van der Waals surface area (Å²) in [6.07, 6.45) is 8.77. The molecule has 0 radical (unpaired) electrons. The van der Waals surface area contributed by atoms with Crippen molar-refractivity contribution in [1.82, 2.24) is 0 Å². The highest BCUT2D eigenvalue weighted by molar-refractivity contribution is 5.50. The lowest BCUT2D eigenvalue weighted by molar-refractivity contribution is 0.0893. The van der Waals surface area contributed by atoms with E-state index >= 15 is 0 Å². The van der Waals surface area contributed by atoms with E-state index in [-0.39, 0.29) is 5.60 Å². The summed E-state index contributed by atoms with van der Waals surface area (Å²) in [5.74, 6) is 1.75. The van der Waals surface area contributed by atoms with Gasteiger partial charge in [0.05, 0.1) is 0 Å². The van der Waals surface area contributed by atoms with E-state index < -0.39 is 0 Å². The van der Waals surface area contributed by atoms with E-state index in [2.05, 4.69) is 30.3 Å². The zero-order valence-corrected chi connectivity index (χ0v) is 9.41. The largest absolute Gasteiger partial charge is 0.482 e. The van der Waals surface area contributed by atoms with Gasteiger partial charge in [0.15, 0.2) is 0 Å². The number of rotatable bonds is 0. The van der Waals surface area contributed by atoms with Crippen molar-refractivity contribution in [2.24, 2.45) is 0 Å². The molecule has 16 heavy (non-hydrogen) atoms. The van der Waals surface area contributed by atoms with Crippen molar-refractivity contribution in [3.05, 3.63) is 41.5 Å². The molecular formula is C15H16O. The van der Waals surface area contributed by atoms with E-state index in [0.717, 1.165) is 5.75 Å². The van der Waals surface area contributed by atoms with Gasteiger partial charge < -0.3 is 4.74 Å². The van der Waals surface area contributed by atoms with Gasteiger partial charge in [0.2, 0.25) is 0 Å². The predicted octanol–water partition coefficient (Wildman–Crippen LogP) is 3.81. The van der Waals surface area contributed by atoms with Crippen molar-refractivity contribution in [3.8, 4) is 5.75 Å². The standard InChI is InChI=1S/C15H16O/c1-2-7-14-12(6-1)13-9-8-11-5-3-4-10-15(11,13)16-14/h1-2,6-8,13H,3-5,9-10H2. The summed E-state index contributed by atoms with van der Waals surface area (Å²) in [6.45, 7) is 0. The van der Waals surface area contributed by atoms with Gasteiger partial charge in [0.25, 0.3) is 0 Å². The van der Waals surface area contributed by atoms with E-state index in [4.69, 9.17) is 4.74 Å². The van der Waals surface area contributed by atoms with Gasteiger partial charge in [-0.05, 0) is 43.7 Å². The number of ether oxygens (including phenoxy) is 1. The van der Waals surface area contributed by atoms with Crippen LogP contribution in [0.4, 0.5) is 0 Å². The summed E-state index contributed by atoms with van der Waals surface area (Å²) in [7, 11) is 0. The molecule has 2 aliphatic carbocycles. The Bertz CT molecular complexity index is 474. The highest BCUT2D eigenvalue weighted by atomic mass is 16.5. The summed E-state index contributed by atoms with van der Waals surface area (Å²) in [5, 5.41) is 0. The number of allylic oxidation sites excluding steroid dienone is 1. The molecule has 1 fully saturated rings. The molecule has 1 aromatic carbocycles. The molecule has 0 saturated heterocycles. The Labute approximate surface area is 96.1 Å². The van der Waals surface area contributed by atoms with Crippen LogP contribution in [0.1, 0.15) is 43.6 Å². The molecule has 2 unspecified atom stereocenters. The van der Waals surface area contributed by atoms with Gasteiger partial charge in [-0.3, -0.25) is 0 Å². The van der Waals surface area contributed by atoms with Crippen molar-refractivity contribution in [2.75, 3.05) is 0 Å². The third kappa shape index (κ3) is 0.922. The highest BCUT2D eigenvalue weighted by Gasteiger charge is 2.53. The smallest absolute Gasteiger partial charge is 0.137 e. The quantitative estimate of drug-likeness (QED) is 0.594. The Hall–Kier alpha value is -1.24. The fourth-order valence-electron chi connectivity index (χ4n) is 3.82. The van der Waals surface area contributed by atoms with Gasteiger partial charge in [-0.1, -0.05) is 24.3 Å². The predicted molar refractivity (Wildman–Crippen MR) is 63.7 cm³/mol. The molecule has 1 aromatic rings. The topological polar surface area (TPSA) is 9.23 Å². The minimum absolute atomic E-state index is 0.0714. The van der Waals surface area contributed by atoms with Crippen LogP contribution >= 0.6 is 0 Å². The summed E-state index contributed by atoms with van der Waals surface area (Å²) < 4.78 is 6.35. The summed E-state index contributed by atoms with van der Waals surface area (Å²) in [5.41, 5.74) is 3.10. The fraction of sp³-hybridized carbons (Fsp3) is 0.467. The molecule has 3 aliphatic rings. The van der Waals surface area contributed by atoms with Crippen molar-refractivity contribution in [2.45, 2.75) is 43.6 Å². The van der Waals surface area contributed by atoms with Crippen molar-refractivity contribution in [1.29, 1.82) is 0 Å². The van der Waals surface area contributed by atoms with Crippen LogP contribution in [0, 0.1) is 0 Å². The summed E-state index contributed by atoms with van der Waals surface area (Å²) in [6, 6.07) is 8.61. The lowest BCUT2D eigenvalue weighted by Crippen LogP contribution is -2.39. The fourth-order valence-corrected chi connectivity index (χ4v) is 3.82. The first-order valence-electron chi connectivity index (χ1n) is 6.38. The number of benzene rings is 1. The normalized spacial score (nSPS) is 34.8. The number of para-hydroxylation sites is 1. The van der Waals surface area contributed by atoms with Crippen LogP contribution in [0.5, 0.6) is 5.75 Å². The lowest BCUT2D eigenvalue weighted by atomic mass is 9.75. The third-order valence-corrected chi connectivity index (χ3v) is 4.54. The molecule has 0 N–H and O–H groups in total. The van der Waals surface area contributed by atoms with Crippen LogP contribution in [-0.2, 0) is 0 Å². The molecular weight excluding hydrogens is 196 g/mol. The Morgan fingerprint density at radius 3 is 3.12 bits per heavy atom. The van der Waals surface area contributed by atoms with E-state index in [9.17, 15) is 0 Å². The first kappa shape index (κ1) is 8.86. The van der Waals surface area contributed by atoms with Crippen molar-refractivity contribution in [3.63, 3.8) is 0 Å². The molecule has 1 saturated carbocycles. The maximum Gasteiger partial charge on any atom is 0.137 e. The summed E-state index contributed by atoms with van der Waals surface area (Å²) in [4.78, 5) is 0. The summed E-state index contributed by atoms with van der Waals surface area (Å²) >= 11 is 0. The highest BCUT2D eigenvalue weighted by Crippen LogP contribution is 2.58. The molecule has 4 rings (SSSR count). The SMILES string of the molecule is C1=C2CCCCC23Oc2ccccc2C3C1. The zero-order chi connectivity index (χ0) is 10.6. The second kappa shape index (κ2) is 2.91. The van der Waals surface area contributed by atoms with Gasteiger partial charge in [-0.2, -0.15) is 0 Å². The van der Waals surface area contributed by atoms with Crippen LogP contribution < -0.4 is 4.74 Å². The number of hydrogen-bond donors (Lipinski definition) is 0. The Morgan fingerprint density at radius 2 is 2.12 bits per heavy atom. The molecule has 0 amide bonds. The molecule has 1 nitrogen and oxygen atoms in total. The molecule has 82 valence electrons. The molecule has 1 heteroatoms. The van der Waals surface area contributed by atoms with Gasteiger partial charge in [-0.15, -0.1) is 0 Å². The van der Waals surface area contributed by atoms with Crippen LogP contribution in [0.3, 0.4) is 0 Å². The zero-order valence-electron chi connectivity index (χ0n) is 9.41. The molecule has 1 aliphatic heterocycles. The van der Waals surface area contributed by atoms with Crippen molar-refractivity contribution >= 4 is 0 Å². The third-order valence-electron chi connectivity index (χ3n) is 4.54. The Balaban J connectivity index is 1.85. The minimum atomic E-state index is 0.0714. The second-order valence-corrected chi connectivity index (χ2v) is 5.25. The lowest BCUT2D eigenvalue weighted by Gasteiger charge is -2.36. The molecule has 1 spiro atoms. The average Bonchev–Trinajstić information content (AvgIpc) is 2.80. The first-order valence-corrected chi connectivity index (χ1v) is 6.38. The number of hydrogen-bond acceptors (Lipinski definition) is 1. The van der Waals surface area contributed by atoms with Gasteiger partial charge >= 0.3 is 0 Å². The Morgan fingerprint density at radius 1 is 1.19 bits per heavy atom. The molecule has 2 atom stereocenters. The van der Waals surface area contributed by atoms with Crippen molar-refractivity contribution < 1.29 is 4.74 Å². The van der Waals surface area contributed by atoms with Crippen LogP contribution in [0.2, 0.25) is 0 Å². The van der Waals surface area contributed by atoms with E-state index in [1.165, 1.54) is 37.7 Å². The average molecular weight is 212 g/mol. The van der Waals surface area contributed by atoms with Gasteiger partial charge in [0, 0.05) is 11.5 Å². The van der Waals surface area contributed by atoms with E-state index in [1.807, 2.05) is 0 Å². The minimum Gasteiger partial charge on any atom is -0.482 e. The molecule has 1 heterocycles.